The Morgan fingerprint density at radius 3 is 2.62 bits per heavy atom. The maximum atomic E-state index is 13.9. The molecule has 4 aromatic rings. The van der Waals surface area contributed by atoms with E-state index in [-0.39, 0.29) is 23.4 Å². The van der Waals surface area contributed by atoms with Gasteiger partial charge in [-0.2, -0.15) is 0 Å². The molecule has 1 atom stereocenters. The van der Waals surface area contributed by atoms with E-state index < -0.39 is 0 Å². The third kappa shape index (κ3) is 5.03. The van der Waals surface area contributed by atoms with Crippen molar-refractivity contribution in [3.8, 4) is 23.0 Å². The molecule has 0 saturated carbocycles. The van der Waals surface area contributed by atoms with Crippen LogP contribution in [-0.2, 0) is 12.8 Å². The smallest absolute Gasteiger partial charge is 0.254 e. The second-order valence-electron chi connectivity index (χ2n) is 8.74. The number of hydrogen-bond acceptors (Lipinski definition) is 8. The molecule has 37 heavy (non-hydrogen) atoms. The minimum Gasteiger partial charge on any atom is -0.504 e. The van der Waals surface area contributed by atoms with Crippen LogP contribution in [0, 0.1) is 0 Å². The van der Waals surface area contributed by atoms with Crippen LogP contribution in [0.1, 0.15) is 33.1 Å². The molecule has 1 aliphatic rings. The number of aromatic nitrogens is 1. The lowest BCUT2D eigenvalue weighted by molar-refractivity contribution is 0.0659. The van der Waals surface area contributed by atoms with Gasteiger partial charge in [0.1, 0.15) is 0 Å². The van der Waals surface area contributed by atoms with E-state index in [2.05, 4.69) is 10.3 Å². The van der Waals surface area contributed by atoms with E-state index in [0.717, 1.165) is 27.5 Å². The number of anilines is 2. The number of benzene rings is 3. The third-order valence-corrected chi connectivity index (χ3v) is 7.21. The van der Waals surface area contributed by atoms with Crippen LogP contribution >= 0.6 is 11.3 Å². The number of fused-ring (bicyclic) bond motifs is 1. The summed E-state index contributed by atoms with van der Waals surface area (Å²) in [6.07, 6.45) is 2.79. The Labute approximate surface area is 218 Å². The molecule has 1 aromatic heterocycles. The van der Waals surface area contributed by atoms with Crippen LogP contribution < -0.4 is 14.8 Å². The molecule has 0 bridgehead atoms. The Balaban J connectivity index is 1.50. The van der Waals surface area contributed by atoms with Crippen molar-refractivity contribution in [2.24, 2.45) is 0 Å². The van der Waals surface area contributed by atoms with Gasteiger partial charge in [-0.15, -0.1) is 11.3 Å². The number of phenols is 2. The number of nitrogens with one attached hydrogen (secondary N) is 1. The van der Waals surface area contributed by atoms with Crippen molar-refractivity contribution in [3.05, 3.63) is 88.4 Å². The molecule has 9 heteroatoms. The molecule has 5 rings (SSSR count). The quantitative estimate of drug-likeness (QED) is 0.306. The molecule has 190 valence electrons. The fraction of sp³-hybridized carbons (Fsp3) is 0.214. The SMILES string of the molecule is COc1ccc(CC2c3cc(O)c(OC)cc3CCN2C(=O)c2cccc(Nc3nccs3)c2)cc1O. The number of nitrogens with zero attached hydrogens (tertiary/aromatic N) is 2. The van der Waals surface area contributed by atoms with Crippen LogP contribution in [0.2, 0.25) is 0 Å². The van der Waals surface area contributed by atoms with Crippen LogP contribution in [0.25, 0.3) is 0 Å². The average molecular weight is 518 g/mol. The summed E-state index contributed by atoms with van der Waals surface area (Å²) < 4.78 is 10.5. The van der Waals surface area contributed by atoms with Crippen LogP contribution in [-0.4, -0.2) is 46.8 Å². The molecule has 1 unspecified atom stereocenters. The minimum atomic E-state index is -0.364. The number of thiazole rings is 1. The molecule has 1 aliphatic heterocycles. The number of phenolic OH excluding ortho intramolecular Hbond substituents is 2. The van der Waals surface area contributed by atoms with Gasteiger partial charge in [-0.25, -0.2) is 4.98 Å². The number of rotatable bonds is 7. The summed E-state index contributed by atoms with van der Waals surface area (Å²) >= 11 is 1.48. The number of ether oxygens (including phenoxy) is 2. The molecule has 1 amide bonds. The van der Waals surface area contributed by atoms with Crippen molar-refractivity contribution in [1.29, 1.82) is 0 Å². The average Bonchev–Trinajstić information content (AvgIpc) is 3.41. The summed E-state index contributed by atoms with van der Waals surface area (Å²) in [5, 5.41) is 26.8. The Kier molecular flexibility index (Phi) is 6.87. The van der Waals surface area contributed by atoms with Crippen molar-refractivity contribution in [2.75, 3.05) is 26.1 Å². The molecular formula is C28H27N3O5S. The van der Waals surface area contributed by atoms with E-state index in [4.69, 9.17) is 9.47 Å². The fourth-order valence-corrected chi connectivity index (χ4v) is 5.28. The summed E-state index contributed by atoms with van der Waals surface area (Å²) in [4.78, 5) is 20.0. The fourth-order valence-electron chi connectivity index (χ4n) is 4.73. The summed E-state index contributed by atoms with van der Waals surface area (Å²) in [6, 6.07) is 15.7. The van der Waals surface area contributed by atoms with Gasteiger partial charge in [-0.05, 0) is 72.0 Å². The first-order chi connectivity index (χ1) is 18.0. The first kappa shape index (κ1) is 24.5. The van der Waals surface area contributed by atoms with Gasteiger partial charge in [0.25, 0.3) is 5.91 Å². The van der Waals surface area contributed by atoms with Gasteiger partial charge in [0, 0.05) is 29.4 Å². The van der Waals surface area contributed by atoms with Crippen LogP contribution in [0.4, 0.5) is 10.8 Å². The van der Waals surface area contributed by atoms with Crippen LogP contribution in [0.3, 0.4) is 0 Å². The van der Waals surface area contributed by atoms with E-state index in [0.29, 0.717) is 36.4 Å². The zero-order chi connectivity index (χ0) is 25.9. The second kappa shape index (κ2) is 10.4. The number of aromatic hydroxyl groups is 2. The molecule has 2 heterocycles. The molecular weight excluding hydrogens is 490 g/mol. The molecule has 0 radical (unpaired) electrons. The second-order valence-corrected chi connectivity index (χ2v) is 9.64. The number of hydrogen-bond donors (Lipinski definition) is 3. The molecule has 3 aromatic carbocycles. The molecule has 0 aliphatic carbocycles. The van der Waals surface area contributed by atoms with E-state index in [1.54, 1.807) is 30.5 Å². The number of carbonyl (C=O) groups is 1. The van der Waals surface area contributed by atoms with Crippen molar-refractivity contribution in [3.63, 3.8) is 0 Å². The van der Waals surface area contributed by atoms with Gasteiger partial charge in [-0.3, -0.25) is 4.79 Å². The lowest BCUT2D eigenvalue weighted by Crippen LogP contribution is -2.41. The summed E-state index contributed by atoms with van der Waals surface area (Å²) in [7, 11) is 3.02. The highest BCUT2D eigenvalue weighted by Crippen LogP contribution is 2.40. The number of methoxy groups -OCH3 is 2. The summed E-state index contributed by atoms with van der Waals surface area (Å²) in [5.41, 5.74) is 4.02. The first-order valence-electron chi connectivity index (χ1n) is 11.8. The topological polar surface area (TPSA) is 104 Å². The van der Waals surface area contributed by atoms with E-state index in [1.807, 2.05) is 40.6 Å². The van der Waals surface area contributed by atoms with Crippen molar-refractivity contribution in [2.45, 2.75) is 18.9 Å². The van der Waals surface area contributed by atoms with Gasteiger partial charge < -0.3 is 29.9 Å². The third-order valence-electron chi connectivity index (χ3n) is 6.52. The molecule has 8 nitrogen and oxygen atoms in total. The molecule has 0 fully saturated rings. The maximum Gasteiger partial charge on any atom is 0.254 e. The van der Waals surface area contributed by atoms with E-state index in [9.17, 15) is 15.0 Å². The predicted octanol–water partition coefficient (Wildman–Crippen LogP) is 5.30. The molecule has 0 saturated heterocycles. The number of amides is 1. The minimum absolute atomic E-state index is 0.0211. The largest absolute Gasteiger partial charge is 0.504 e. The Hall–Kier alpha value is -4.24. The first-order valence-corrected chi connectivity index (χ1v) is 12.7. The zero-order valence-corrected chi connectivity index (χ0v) is 21.3. The standard InChI is InChI=1S/C28H27N3O5S/c1-35-25-7-6-17(13-23(25)32)12-22-21-16-24(33)26(36-2)15-18(21)8-10-31(22)27(34)19-4-3-5-20(14-19)30-28-29-9-11-37-28/h3-7,9,11,13-16,22,32-33H,8,10,12H2,1-2H3,(H,29,30). The van der Waals surface area contributed by atoms with Gasteiger partial charge in [0.15, 0.2) is 28.1 Å². The lowest BCUT2D eigenvalue weighted by atomic mass is 9.87. The summed E-state index contributed by atoms with van der Waals surface area (Å²) in [5.74, 6) is 0.722. The summed E-state index contributed by atoms with van der Waals surface area (Å²) in [6.45, 7) is 0.497. The van der Waals surface area contributed by atoms with Crippen molar-refractivity contribution in [1.82, 2.24) is 9.88 Å². The van der Waals surface area contributed by atoms with Gasteiger partial charge >= 0.3 is 0 Å². The van der Waals surface area contributed by atoms with Gasteiger partial charge in [0.2, 0.25) is 0 Å². The maximum absolute atomic E-state index is 13.9. The Bertz CT molecular complexity index is 1420. The van der Waals surface area contributed by atoms with Crippen molar-refractivity contribution < 1.29 is 24.5 Å². The normalized spacial score (nSPS) is 14.6. The van der Waals surface area contributed by atoms with E-state index >= 15 is 0 Å². The lowest BCUT2D eigenvalue weighted by Gasteiger charge is -2.38. The van der Waals surface area contributed by atoms with Crippen LogP contribution in [0.5, 0.6) is 23.0 Å². The van der Waals surface area contributed by atoms with Crippen molar-refractivity contribution >= 4 is 28.1 Å². The number of carbonyl (C=O) groups excluding carboxylic acids is 1. The van der Waals surface area contributed by atoms with Gasteiger partial charge in [0.05, 0.1) is 20.3 Å². The molecule has 3 N–H and O–H groups in total. The Morgan fingerprint density at radius 1 is 1.08 bits per heavy atom. The Morgan fingerprint density at radius 2 is 1.89 bits per heavy atom. The van der Waals surface area contributed by atoms with Gasteiger partial charge in [-0.1, -0.05) is 12.1 Å². The predicted molar refractivity (Wildman–Crippen MR) is 142 cm³/mol. The molecule has 0 spiro atoms. The van der Waals surface area contributed by atoms with Crippen LogP contribution in [0.15, 0.2) is 66.2 Å². The highest BCUT2D eigenvalue weighted by Gasteiger charge is 2.33. The monoisotopic (exact) mass is 517 g/mol. The zero-order valence-electron chi connectivity index (χ0n) is 20.5. The highest BCUT2D eigenvalue weighted by molar-refractivity contribution is 7.13. The van der Waals surface area contributed by atoms with E-state index in [1.165, 1.54) is 25.6 Å². The highest BCUT2D eigenvalue weighted by atomic mass is 32.1.